The van der Waals surface area contributed by atoms with E-state index in [1.807, 2.05) is 42.5 Å². The number of benzene rings is 1. The number of amides is 1. The van der Waals surface area contributed by atoms with E-state index in [2.05, 4.69) is 20.5 Å². The average molecular weight is 322 g/mol. The SMILES string of the molecule is O=C(N[C@@H](CO)Cc1ccccc1)c1cc(-c2ccncc2)n[nH]1. The van der Waals surface area contributed by atoms with Crippen molar-refractivity contribution < 1.29 is 9.90 Å². The smallest absolute Gasteiger partial charge is 0.269 e. The van der Waals surface area contributed by atoms with E-state index in [-0.39, 0.29) is 18.6 Å². The highest BCUT2D eigenvalue weighted by molar-refractivity contribution is 5.93. The Balaban J connectivity index is 1.67. The van der Waals surface area contributed by atoms with Gasteiger partial charge in [0.2, 0.25) is 0 Å². The predicted molar refractivity (Wildman–Crippen MR) is 90.3 cm³/mol. The van der Waals surface area contributed by atoms with Gasteiger partial charge in [0.1, 0.15) is 5.69 Å². The zero-order valence-corrected chi connectivity index (χ0v) is 13.0. The molecule has 2 aromatic heterocycles. The van der Waals surface area contributed by atoms with Gasteiger partial charge >= 0.3 is 0 Å². The molecular formula is C18H18N4O2. The first kappa shape index (κ1) is 15.9. The second-order valence-corrected chi connectivity index (χ2v) is 5.45. The summed E-state index contributed by atoms with van der Waals surface area (Å²) in [4.78, 5) is 16.3. The molecule has 6 nitrogen and oxygen atoms in total. The second kappa shape index (κ2) is 7.52. The van der Waals surface area contributed by atoms with Crippen LogP contribution in [0, 0.1) is 0 Å². The van der Waals surface area contributed by atoms with Crippen molar-refractivity contribution in [2.75, 3.05) is 6.61 Å². The van der Waals surface area contributed by atoms with E-state index >= 15 is 0 Å². The highest BCUT2D eigenvalue weighted by atomic mass is 16.3. The van der Waals surface area contributed by atoms with Crippen molar-refractivity contribution >= 4 is 5.91 Å². The summed E-state index contributed by atoms with van der Waals surface area (Å²) < 4.78 is 0. The molecule has 0 fully saturated rings. The number of nitrogens with zero attached hydrogens (tertiary/aromatic N) is 2. The fourth-order valence-electron chi connectivity index (χ4n) is 2.43. The molecule has 3 N–H and O–H groups in total. The summed E-state index contributed by atoms with van der Waals surface area (Å²) in [6, 6.07) is 14.7. The maximum atomic E-state index is 12.3. The number of carbonyl (C=O) groups is 1. The minimum absolute atomic E-state index is 0.133. The normalized spacial score (nSPS) is 11.9. The molecule has 0 saturated carbocycles. The lowest BCUT2D eigenvalue weighted by Gasteiger charge is -2.15. The van der Waals surface area contributed by atoms with Gasteiger partial charge in [0.05, 0.1) is 18.3 Å². The molecule has 122 valence electrons. The molecule has 0 aliphatic carbocycles. The van der Waals surface area contributed by atoms with Crippen LogP contribution in [0.15, 0.2) is 60.9 Å². The largest absolute Gasteiger partial charge is 0.394 e. The number of pyridine rings is 1. The number of H-pyrrole nitrogens is 1. The predicted octanol–water partition coefficient (Wildman–Crippen LogP) is 1.81. The lowest BCUT2D eigenvalue weighted by Crippen LogP contribution is -2.39. The van der Waals surface area contributed by atoms with Crippen molar-refractivity contribution in [1.82, 2.24) is 20.5 Å². The van der Waals surface area contributed by atoms with E-state index in [9.17, 15) is 9.90 Å². The summed E-state index contributed by atoms with van der Waals surface area (Å²) in [5.74, 6) is -0.294. The number of rotatable bonds is 6. The average Bonchev–Trinajstić information content (AvgIpc) is 3.13. The summed E-state index contributed by atoms with van der Waals surface area (Å²) in [7, 11) is 0. The zero-order chi connectivity index (χ0) is 16.8. The highest BCUT2D eigenvalue weighted by Crippen LogP contribution is 2.16. The first-order valence-electron chi connectivity index (χ1n) is 7.67. The Kier molecular flexibility index (Phi) is 4.98. The summed E-state index contributed by atoms with van der Waals surface area (Å²) in [5, 5.41) is 19.2. The summed E-state index contributed by atoms with van der Waals surface area (Å²) >= 11 is 0. The van der Waals surface area contributed by atoms with E-state index < -0.39 is 0 Å². The van der Waals surface area contributed by atoms with Gasteiger partial charge < -0.3 is 10.4 Å². The van der Waals surface area contributed by atoms with E-state index in [0.717, 1.165) is 11.1 Å². The number of aromatic nitrogens is 3. The van der Waals surface area contributed by atoms with Gasteiger partial charge in [-0.25, -0.2) is 0 Å². The third kappa shape index (κ3) is 3.85. The third-order valence-electron chi connectivity index (χ3n) is 3.68. The Labute approximate surface area is 139 Å². The molecule has 1 atom stereocenters. The number of aliphatic hydroxyl groups is 1. The Morgan fingerprint density at radius 1 is 1.17 bits per heavy atom. The van der Waals surface area contributed by atoms with Crippen molar-refractivity contribution in [2.45, 2.75) is 12.5 Å². The summed E-state index contributed by atoms with van der Waals surface area (Å²) in [6.45, 7) is -0.133. The molecule has 1 aromatic carbocycles. The standard InChI is InChI=1S/C18H18N4O2/c23-12-15(10-13-4-2-1-3-5-13)20-18(24)17-11-16(21-22-17)14-6-8-19-9-7-14/h1-9,11,15,23H,10,12H2,(H,20,24)(H,21,22)/t15-/m1/s1. The maximum absolute atomic E-state index is 12.3. The molecule has 0 aliphatic rings. The lowest BCUT2D eigenvalue weighted by molar-refractivity contribution is 0.0911. The number of hydrogen-bond acceptors (Lipinski definition) is 4. The first-order chi connectivity index (χ1) is 11.8. The van der Waals surface area contributed by atoms with Crippen LogP contribution < -0.4 is 5.32 Å². The van der Waals surface area contributed by atoms with Crippen LogP contribution in [0.2, 0.25) is 0 Å². The van der Waals surface area contributed by atoms with Crippen LogP contribution in [0.25, 0.3) is 11.3 Å². The fraction of sp³-hybridized carbons (Fsp3) is 0.167. The van der Waals surface area contributed by atoms with Crippen molar-refractivity contribution in [2.24, 2.45) is 0 Å². The van der Waals surface area contributed by atoms with Gasteiger partial charge in [-0.2, -0.15) is 5.10 Å². The van der Waals surface area contributed by atoms with Gasteiger partial charge in [0.25, 0.3) is 5.91 Å². The van der Waals surface area contributed by atoms with Crippen LogP contribution in [0.5, 0.6) is 0 Å². The minimum Gasteiger partial charge on any atom is -0.394 e. The van der Waals surface area contributed by atoms with E-state index in [4.69, 9.17) is 0 Å². The molecule has 0 radical (unpaired) electrons. The molecule has 6 heteroatoms. The van der Waals surface area contributed by atoms with E-state index in [1.165, 1.54) is 0 Å². The molecule has 0 aliphatic heterocycles. The van der Waals surface area contributed by atoms with Crippen LogP contribution in [0.1, 0.15) is 16.1 Å². The van der Waals surface area contributed by atoms with Gasteiger partial charge in [-0.05, 0) is 30.2 Å². The molecule has 0 spiro atoms. The molecule has 0 saturated heterocycles. The monoisotopic (exact) mass is 322 g/mol. The minimum atomic E-state index is -0.354. The van der Waals surface area contributed by atoms with Gasteiger partial charge in [-0.3, -0.25) is 14.9 Å². The third-order valence-corrected chi connectivity index (χ3v) is 3.68. The van der Waals surface area contributed by atoms with Crippen LogP contribution >= 0.6 is 0 Å². The number of carbonyl (C=O) groups excluding carboxylic acids is 1. The molecular weight excluding hydrogens is 304 g/mol. The van der Waals surface area contributed by atoms with Gasteiger partial charge in [-0.15, -0.1) is 0 Å². The zero-order valence-electron chi connectivity index (χ0n) is 13.0. The molecule has 3 rings (SSSR count). The van der Waals surface area contributed by atoms with Gasteiger partial charge in [0.15, 0.2) is 0 Å². The molecule has 2 heterocycles. The quantitative estimate of drug-likeness (QED) is 0.645. The Morgan fingerprint density at radius 3 is 2.62 bits per heavy atom. The Hall–Kier alpha value is -2.99. The van der Waals surface area contributed by atoms with Gasteiger partial charge in [0, 0.05) is 18.0 Å². The number of aliphatic hydroxyl groups excluding tert-OH is 1. The van der Waals surface area contributed by atoms with Crippen LogP contribution in [0.3, 0.4) is 0 Å². The number of aromatic amines is 1. The van der Waals surface area contributed by atoms with Gasteiger partial charge in [-0.1, -0.05) is 30.3 Å². The summed E-state index contributed by atoms with van der Waals surface area (Å²) in [5.41, 5.74) is 2.96. The molecule has 0 bridgehead atoms. The lowest BCUT2D eigenvalue weighted by atomic mass is 10.1. The Morgan fingerprint density at radius 2 is 1.92 bits per heavy atom. The van der Waals surface area contributed by atoms with E-state index in [1.54, 1.807) is 18.5 Å². The van der Waals surface area contributed by atoms with E-state index in [0.29, 0.717) is 17.8 Å². The fourth-order valence-corrected chi connectivity index (χ4v) is 2.43. The molecule has 24 heavy (non-hydrogen) atoms. The van der Waals surface area contributed by atoms with Crippen LogP contribution in [-0.2, 0) is 6.42 Å². The highest BCUT2D eigenvalue weighted by Gasteiger charge is 2.16. The van der Waals surface area contributed by atoms with Crippen molar-refractivity contribution in [3.8, 4) is 11.3 Å². The maximum Gasteiger partial charge on any atom is 0.269 e. The molecule has 3 aromatic rings. The molecule has 0 unspecified atom stereocenters. The summed E-state index contributed by atoms with van der Waals surface area (Å²) in [6.07, 6.45) is 3.91. The first-order valence-corrected chi connectivity index (χ1v) is 7.67. The molecule has 1 amide bonds. The number of nitrogens with one attached hydrogen (secondary N) is 2. The topological polar surface area (TPSA) is 90.9 Å². The van der Waals surface area contributed by atoms with Crippen molar-refractivity contribution in [3.05, 3.63) is 72.2 Å². The second-order valence-electron chi connectivity index (χ2n) is 5.45. The van der Waals surface area contributed by atoms with Crippen molar-refractivity contribution in [1.29, 1.82) is 0 Å². The van der Waals surface area contributed by atoms with Crippen molar-refractivity contribution in [3.63, 3.8) is 0 Å². The number of hydrogen-bond donors (Lipinski definition) is 3. The van der Waals surface area contributed by atoms with Crippen LogP contribution in [0.4, 0.5) is 0 Å². The Bertz CT molecular complexity index is 787. The van der Waals surface area contributed by atoms with Crippen LogP contribution in [-0.4, -0.2) is 38.8 Å².